The Morgan fingerprint density at radius 2 is 2.23 bits per heavy atom. The van der Waals surface area contributed by atoms with E-state index >= 15 is 0 Å². The van der Waals surface area contributed by atoms with Crippen molar-refractivity contribution >= 4 is 34.8 Å². The summed E-state index contributed by atoms with van der Waals surface area (Å²) in [6, 6.07) is 0.185. The molecule has 3 unspecified atom stereocenters. The third-order valence-electron chi connectivity index (χ3n) is 4.93. The number of carbonyl (C=O) groups is 1. The van der Waals surface area contributed by atoms with Crippen LogP contribution in [0, 0.1) is 11.8 Å². The fourth-order valence-corrected chi connectivity index (χ4v) is 4.64. The summed E-state index contributed by atoms with van der Waals surface area (Å²) < 4.78 is 0. The van der Waals surface area contributed by atoms with Crippen molar-refractivity contribution in [3.05, 3.63) is 10.6 Å². The summed E-state index contributed by atoms with van der Waals surface area (Å²) >= 11 is 1.67. The lowest BCUT2D eigenvalue weighted by molar-refractivity contribution is -0.120. The molecule has 3 N–H and O–H groups in total. The Hall–Kier alpha value is -0.650. The van der Waals surface area contributed by atoms with E-state index in [4.69, 9.17) is 5.73 Å². The molecule has 0 aliphatic heterocycles. The van der Waals surface area contributed by atoms with Gasteiger partial charge in [0.25, 0.3) is 0 Å². The zero-order valence-corrected chi connectivity index (χ0v) is 14.8. The number of halogens is 1. The van der Waals surface area contributed by atoms with Gasteiger partial charge in [0.2, 0.25) is 5.91 Å². The van der Waals surface area contributed by atoms with Crippen LogP contribution >= 0.6 is 23.7 Å². The van der Waals surface area contributed by atoms with Gasteiger partial charge in [-0.05, 0) is 44.4 Å². The van der Waals surface area contributed by atoms with E-state index in [9.17, 15) is 4.79 Å². The maximum atomic E-state index is 12.3. The lowest BCUT2D eigenvalue weighted by Gasteiger charge is -2.25. The van der Waals surface area contributed by atoms with Crippen LogP contribution in [0.2, 0.25) is 0 Å². The summed E-state index contributed by atoms with van der Waals surface area (Å²) in [5.41, 5.74) is 7.18. The molecule has 0 radical (unpaired) electrons. The fraction of sp³-hybridized carbons (Fsp3) is 0.750. The highest BCUT2D eigenvalue weighted by molar-refractivity contribution is 7.15. The zero-order valence-electron chi connectivity index (χ0n) is 13.1. The first-order chi connectivity index (χ1) is 10.2. The molecular weight excluding hydrogens is 318 g/mol. The topological polar surface area (TPSA) is 68.0 Å². The van der Waals surface area contributed by atoms with E-state index in [1.54, 1.807) is 11.3 Å². The smallest absolute Gasteiger partial charge is 0.229 e. The number of rotatable bonds is 3. The number of fused-ring (bicyclic) bond motifs is 1. The quantitative estimate of drug-likeness (QED) is 0.882. The highest BCUT2D eigenvalue weighted by Gasteiger charge is 2.27. The highest BCUT2D eigenvalue weighted by atomic mass is 35.5. The first-order valence-corrected chi connectivity index (χ1v) is 9.02. The molecule has 0 spiro atoms. The summed E-state index contributed by atoms with van der Waals surface area (Å²) in [4.78, 5) is 18.4. The number of aromatic nitrogens is 1. The molecule has 2 aliphatic rings. The minimum atomic E-state index is 0. The number of hydrogen-bond acceptors (Lipinski definition) is 4. The number of nitrogens with two attached hydrogens (primary N) is 1. The van der Waals surface area contributed by atoms with E-state index in [0.29, 0.717) is 0 Å². The van der Waals surface area contributed by atoms with Crippen LogP contribution in [-0.2, 0) is 17.6 Å². The Labute approximate surface area is 142 Å². The molecule has 1 aromatic heterocycles. The summed E-state index contributed by atoms with van der Waals surface area (Å²) in [7, 11) is 0. The average molecular weight is 344 g/mol. The van der Waals surface area contributed by atoms with Crippen LogP contribution in [0.4, 0.5) is 5.13 Å². The second kappa shape index (κ2) is 7.75. The number of anilines is 1. The Balaban J connectivity index is 0.00000176. The van der Waals surface area contributed by atoms with Crippen LogP contribution in [0.1, 0.15) is 56.0 Å². The lowest BCUT2D eigenvalue weighted by Crippen LogP contribution is -2.34. The number of aryl methyl sites for hydroxylation is 1. The SMILES string of the molecule is CCC1CCc2nc(NC(=O)C3CCCC(N)C3)sc2C1.Cl. The van der Waals surface area contributed by atoms with Gasteiger partial charge in [-0.1, -0.05) is 19.8 Å². The minimum Gasteiger partial charge on any atom is -0.328 e. The molecule has 6 heteroatoms. The second-order valence-corrected chi connectivity index (χ2v) is 7.60. The standard InChI is InChI=1S/C16H25N3OS.ClH/c1-2-10-6-7-13-14(8-10)21-16(18-13)19-15(20)11-4-3-5-12(17)9-11;/h10-12H,2-9,17H2,1H3,(H,18,19,20);1H. The molecule has 0 aromatic carbocycles. The van der Waals surface area contributed by atoms with Crippen molar-refractivity contribution in [2.75, 3.05) is 5.32 Å². The van der Waals surface area contributed by atoms with Crippen LogP contribution < -0.4 is 11.1 Å². The largest absolute Gasteiger partial charge is 0.328 e. The van der Waals surface area contributed by atoms with Gasteiger partial charge in [0.15, 0.2) is 5.13 Å². The Kier molecular flexibility index (Phi) is 6.24. The fourth-order valence-electron chi connectivity index (χ4n) is 3.52. The van der Waals surface area contributed by atoms with Crippen molar-refractivity contribution in [1.29, 1.82) is 0 Å². The third-order valence-corrected chi connectivity index (χ3v) is 5.97. The van der Waals surface area contributed by atoms with Gasteiger partial charge in [0.05, 0.1) is 5.69 Å². The van der Waals surface area contributed by atoms with Crippen LogP contribution in [0.15, 0.2) is 0 Å². The molecule has 4 nitrogen and oxygen atoms in total. The number of hydrogen-bond donors (Lipinski definition) is 2. The maximum absolute atomic E-state index is 12.3. The monoisotopic (exact) mass is 343 g/mol. The lowest BCUT2D eigenvalue weighted by atomic mass is 9.85. The molecule has 1 saturated carbocycles. The van der Waals surface area contributed by atoms with Gasteiger partial charge in [-0.25, -0.2) is 4.98 Å². The molecular formula is C16H26ClN3OS. The molecule has 22 heavy (non-hydrogen) atoms. The summed E-state index contributed by atoms with van der Waals surface area (Å²) in [6.07, 6.45) is 8.55. The summed E-state index contributed by atoms with van der Waals surface area (Å²) in [6.45, 7) is 2.26. The van der Waals surface area contributed by atoms with Gasteiger partial charge in [-0.2, -0.15) is 0 Å². The van der Waals surface area contributed by atoms with Gasteiger partial charge in [0.1, 0.15) is 0 Å². The second-order valence-electron chi connectivity index (χ2n) is 6.52. The van der Waals surface area contributed by atoms with Crippen molar-refractivity contribution in [3.8, 4) is 0 Å². The van der Waals surface area contributed by atoms with Crippen LogP contribution in [0.5, 0.6) is 0 Å². The van der Waals surface area contributed by atoms with E-state index < -0.39 is 0 Å². The van der Waals surface area contributed by atoms with Gasteiger partial charge >= 0.3 is 0 Å². The molecule has 2 aliphatic carbocycles. The van der Waals surface area contributed by atoms with Crippen molar-refractivity contribution in [2.45, 2.75) is 64.3 Å². The van der Waals surface area contributed by atoms with Crippen molar-refractivity contribution in [1.82, 2.24) is 4.98 Å². The number of amides is 1. The predicted octanol–water partition coefficient (Wildman–Crippen LogP) is 3.54. The predicted molar refractivity (Wildman–Crippen MR) is 93.7 cm³/mol. The van der Waals surface area contributed by atoms with Crippen molar-refractivity contribution in [2.24, 2.45) is 17.6 Å². The van der Waals surface area contributed by atoms with Crippen LogP contribution in [-0.4, -0.2) is 16.9 Å². The third kappa shape index (κ3) is 4.00. The summed E-state index contributed by atoms with van der Waals surface area (Å²) in [5.74, 6) is 0.971. The zero-order chi connectivity index (χ0) is 14.8. The van der Waals surface area contributed by atoms with Crippen LogP contribution in [0.25, 0.3) is 0 Å². The van der Waals surface area contributed by atoms with Gasteiger partial charge in [-0.3, -0.25) is 4.79 Å². The van der Waals surface area contributed by atoms with Crippen molar-refractivity contribution in [3.63, 3.8) is 0 Å². The van der Waals surface area contributed by atoms with E-state index in [0.717, 1.165) is 49.6 Å². The van der Waals surface area contributed by atoms with Gasteiger partial charge in [-0.15, -0.1) is 23.7 Å². The average Bonchev–Trinajstić information content (AvgIpc) is 2.88. The van der Waals surface area contributed by atoms with Crippen LogP contribution in [0.3, 0.4) is 0 Å². The van der Waals surface area contributed by atoms with Gasteiger partial charge in [0, 0.05) is 16.8 Å². The minimum absolute atomic E-state index is 0. The molecule has 124 valence electrons. The Morgan fingerprint density at radius 1 is 1.41 bits per heavy atom. The number of thiazole rings is 1. The number of carbonyl (C=O) groups excluding carboxylic acids is 1. The molecule has 0 saturated heterocycles. The number of nitrogens with zero attached hydrogens (tertiary/aromatic N) is 1. The Bertz CT molecular complexity index is 519. The molecule has 1 heterocycles. The molecule has 0 bridgehead atoms. The molecule has 1 aromatic rings. The van der Waals surface area contributed by atoms with Gasteiger partial charge < -0.3 is 11.1 Å². The molecule has 3 atom stereocenters. The van der Waals surface area contributed by atoms with E-state index in [-0.39, 0.29) is 30.3 Å². The highest BCUT2D eigenvalue weighted by Crippen LogP contribution is 2.34. The van der Waals surface area contributed by atoms with Crippen molar-refractivity contribution < 1.29 is 4.79 Å². The summed E-state index contributed by atoms with van der Waals surface area (Å²) in [5, 5.41) is 3.83. The first-order valence-electron chi connectivity index (χ1n) is 8.20. The Morgan fingerprint density at radius 3 is 2.95 bits per heavy atom. The maximum Gasteiger partial charge on any atom is 0.229 e. The molecule has 1 fully saturated rings. The van der Waals surface area contributed by atoms with E-state index in [1.165, 1.54) is 23.4 Å². The number of nitrogens with one attached hydrogen (secondary N) is 1. The van der Waals surface area contributed by atoms with E-state index in [2.05, 4.69) is 17.2 Å². The van der Waals surface area contributed by atoms with E-state index in [1.807, 2.05) is 0 Å². The molecule has 1 amide bonds. The first kappa shape index (κ1) is 17.7. The molecule has 3 rings (SSSR count). The normalized spacial score (nSPS) is 27.6.